The molecule has 2 N–H and O–H groups in total. The van der Waals surface area contributed by atoms with Crippen LogP contribution in [0, 0.1) is 0 Å². The molecule has 0 unspecified atom stereocenters. The first kappa shape index (κ1) is 21.7. The third kappa shape index (κ3) is 8.55. The van der Waals surface area contributed by atoms with Crippen LogP contribution in [-0.4, -0.2) is 39.9 Å². The van der Waals surface area contributed by atoms with Crippen LogP contribution in [0.15, 0.2) is 46.8 Å². The summed E-state index contributed by atoms with van der Waals surface area (Å²) < 4.78 is 10.7. The monoisotopic (exact) mass is 475 g/mol. The molecule has 0 saturated carbocycles. The number of benzene rings is 1. The van der Waals surface area contributed by atoms with Crippen molar-refractivity contribution in [3.05, 3.63) is 46.7 Å². The number of ether oxygens (including phenoxy) is 2. The van der Waals surface area contributed by atoms with Crippen LogP contribution in [0.2, 0.25) is 0 Å². The van der Waals surface area contributed by atoms with Gasteiger partial charge in [-0.05, 0) is 30.0 Å². The summed E-state index contributed by atoms with van der Waals surface area (Å²) in [6.07, 6.45) is 1.86. The van der Waals surface area contributed by atoms with Crippen LogP contribution >= 0.6 is 35.3 Å². The van der Waals surface area contributed by atoms with E-state index in [0.29, 0.717) is 13.2 Å². The number of halogens is 1. The quantitative estimate of drug-likeness (QED) is 0.249. The fraction of sp³-hybridized carbons (Fsp3) is 0.389. The van der Waals surface area contributed by atoms with Gasteiger partial charge in [-0.3, -0.25) is 4.99 Å². The van der Waals surface area contributed by atoms with E-state index in [2.05, 4.69) is 33.1 Å². The SMILES string of the molecule is CN=C(NCCc1cccs1)Nc1cccc(OCCCOC)c1.I. The Morgan fingerprint density at radius 3 is 2.80 bits per heavy atom. The van der Waals surface area contributed by atoms with Gasteiger partial charge in [0, 0.05) is 50.4 Å². The molecule has 0 fully saturated rings. The molecule has 0 saturated heterocycles. The minimum atomic E-state index is 0. The lowest BCUT2D eigenvalue weighted by Crippen LogP contribution is -2.32. The molecule has 25 heavy (non-hydrogen) atoms. The lowest BCUT2D eigenvalue weighted by molar-refractivity contribution is 0.172. The minimum Gasteiger partial charge on any atom is -0.493 e. The highest BCUT2D eigenvalue weighted by Crippen LogP contribution is 2.17. The standard InChI is InChI=1S/C18H25N3O2S.HI/c1-19-18(20-10-9-17-8-4-13-24-17)21-15-6-3-7-16(14-15)23-12-5-11-22-2;/h3-4,6-8,13-14H,5,9-12H2,1-2H3,(H2,19,20,21);1H. The summed E-state index contributed by atoms with van der Waals surface area (Å²) in [6.45, 7) is 2.19. The van der Waals surface area contributed by atoms with E-state index in [1.165, 1.54) is 4.88 Å². The number of hydrogen-bond acceptors (Lipinski definition) is 4. The zero-order chi connectivity index (χ0) is 17.0. The summed E-state index contributed by atoms with van der Waals surface area (Å²) in [6, 6.07) is 12.1. The van der Waals surface area contributed by atoms with E-state index >= 15 is 0 Å². The summed E-state index contributed by atoms with van der Waals surface area (Å²) in [5.74, 6) is 1.59. The van der Waals surface area contributed by atoms with Crippen LogP contribution in [0.1, 0.15) is 11.3 Å². The zero-order valence-corrected chi connectivity index (χ0v) is 17.8. The summed E-state index contributed by atoms with van der Waals surface area (Å²) in [5.41, 5.74) is 0.948. The van der Waals surface area contributed by atoms with Gasteiger partial charge in [0.1, 0.15) is 5.75 Å². The predicted molar refractivity (Wildman–Crippen MR) is 117 cm³/mol. The second-order valence-corrected chi connectivity index (χ2v) is 6.21. The lowest BCUT2D eigenvalue weighted by atomic mass is 10.3. The number of guanidine groups is 1. The van der Waals surface area contributed by atoms with Crippen molar-refractivity contribution >= 4 is 47.0 Å². The highest BCUT2D eigenvalue weighted by atomic mass is 127. The van der Waals surface area contributed by atoms with E-state index in [1.54, 1.807) is 25.5 Å². The fourth-order valence-electron chi connectivity index (χ4n) is 2.13. The van der Waals surface area contributed by atoms with E-state index in [0.717, 1.165) is 36.8 Å². The number of thiophene rings is 1. The van der Waals surface area contributed by atoms with Crippen molar-refractivity contribution in [1.29, 1.82) is 0 Å². The second kappa shape index (κ2) is 13.0. The molecule has 138 valence electrons. The first-order valence-corrected chi connectivity index (χ1v) is 8.91. The molecular weight excluding hydrogens is 449 g/mol. The van der Waals surface area contributed by atoms with Crippen molar-refractivity contribution in [1.82, 2.24) is 5.32 Å². The van der Waals surface area contributed by atoms with Crippen LogP contribution in [-0.2, 0) is 11.2 Å². The number of aliphatic imine (C=N–C) groups is 1. The predicted octanol–water partition coefficient (Wildman–Crippen LogP) is 4.01. The van der Waals surface area contributed by atoms with E-state index in [9.17, 15) is 0 Å². The Bertz CT molecular complexity index is 621. The smallest absolute Gasteiger partial charge is 0.195 e. The third-order valence-electron chi connectivity index (χ3n) is 3.33. The Kier molecular flexibility index (Phi) is 11.3. The van der Waals surface area contributed by atoms with Gasteiger partial charge in [-0.2, -0.15) is 0 Å². The van der Waals surface area contributed by atoms with E-state index in [1.807, 2.05) is 24.3 Å². The molecule has 0 aliphatic heterocycles. The van der Waals surface area contributed by atoms with Crippen LogP contribution in [0.3, 0.4) is 0 Å². The maximum Gasteiger partial charge on any atom is 0.195 e. The largest absolute Gasteiger partial charge is 0.493 e. The number of methoxy groups -OCH3 is 1. The number of rotatable bonds is 9. The van der Waals surface area contributed by atoms with Gasteiger partial charge in [0.25, 0.3) is 0 Å². The maximum absolute atomic E-state index is 5.72. The fourth-order valence-corrected chi connectivity index (χ4v) is 2.84. The molecule has 0 aliphatic carbocycles. The van der Waals surface area contributed by atoms with Crippen molar-refractivity contribution < 1.29 is 9.47 Å². The number of nitrogens with zero attached hydrogens (tertiary/aromatic N) is 1. The van der Waals surface area contributed by atoms with Gasteiger partial charge < -0.3 is 20.1 Å². The molecule has 0 aliphatic rings. The lowest BCUT2D eigenvalue weighted by Gasteiger charge is -2.13. The van der Waals surface area contributed by atoms with Gasteiger partial charge in [-0.25, -0.2) is 0 Å². The highest BCUT2D eigenvalue weighted by Gasteiger charge is 2.02. The highest BCUT2D eigenvalue weighted by molar-refractivity contribution is 14.0. The van der Waals surface area contributed by atoms with E-state index < -0.39 is 0 Å². The van der Waals surface area contributed by atoms with Crippen LogP contribution in [0.4, 0.5) is 5.69 Å². The Hall–Kier alpha value is -1.32. The second-order valence-electron chi connectivity index (χ2n) is 5.18. The van der Waals surface area contributed by atoms with Gasteiger partial charge in [0.15, 0.2) is 5.96 Å². The molecule has 0 bridgehead atoms. The molecule has 2 rings (SSSR count). The van der Waals surface area contributed by atoms with Gasteiger partial charge in [-0.15, -0.1) is 35.3 Å². The van der Waals surface area contributed by atoms with Gasteiger partial charge in [0.05, 0.1) is 6.61 Å². The summed E-state index contributed by atoms with van der Waals surface area (Å²) >= 11 is 1.77. The van der Waals surface area contributed by atoms with Crippen LogP contribution in [0.25, 0.3) is 0 Å². The summed E-state index contributed by atoms with van der Waals surface area (Å²) in [7, 11) is 3.47. The van der Waals surface area contributed by atoms with Crippen molar-refractivity contribution in [2.45, 2.75) is 12.8 Å². The van der Waals surface area contributed by atoms with Crippen LogP contribution < -0.4 is 15.4 Å². The van der Waals surface area contributed by atoms with Crippen molar-refractivity contribution in [3.8, 4) is 5.75 Å². The molecular formula is C18H26IN3O2S. The van der Waals surface area contributed by atoms with E-state index in [4.69, 9.17) is 9.47 Å². The topological polar surface area (TPSA) is 54.9 Å². The first-order valence-electron chi connectivity index (χ1n) is 8.03. The first-order chi connectivity index (χ1) is 11.8. The van der Waals surface area contributed by atoms with E-state index in [-0.39, 0.29) is 24.0 Å². The molecule has 2 aromatic rings. The number of hydrogen-bond donors (Lipinski definition) is 2. The molecule has 1 aromatic heterocycles. The molecule has 5 nitrogen and oxygen atoms in total. The van der Waals surface area contributed by atoms with Gasteiger partial charge >= 0.3 is 0 Å². The van der Waals surface area contributed by atoms with Crippen molar-refractivity contribution in [3.63, 3.8) is 0 Å². The third-order valence-corrected chi connectivity index (χ3v) is 4.26. The van der Waals surface area contributed by atoms with Crippen LogP contribution in [0.5, 0.6) is 5.75 Å². The van der Waals surface area contributed by atoms with Gasteiger partial charge in [-0.1, -0.05) is 12.1 Å². The summed E-state index contributed by atoms with van der Waals surface area (Å²) in [4.78, 5) is 5.62. The summed E-state index contributed by atoms with van der Waals surface area (Å²) in [5, 5.41) is 8.71. The minimum absolute atomic E-state index is 0. The Balaban J connectivity index is 0.00000312. The van der Waals surface area contributed by atoms with Gasteiger partial charge in [0.2, 0.25) is 0 Å². The molecule has 0 radical (unpaired) electrons. The maximum atomic E-state index is 5.72. The Morgan fingerprint density at radius 2 is 2.08 bits per heavy atom. The van der Waals surface area contributed by atoms with Crippen molar-refractivity contribution in [2.75, 3.05) is 39.2 Å². The zero-order valence-electron chi connectivity index (χ0n) is 14.7. The number of anilines is 1. The molecule has 1 heterocycles. The Labute approximate surface area is 170 Å². The Morgan fingerprint density at radius 1 is 1.20 bits per heavy atom. The average molecular weight is 475 g/mol. The van der Waals surface area contributed by atoms with Crippen molar-refractivity contribution in [2.24, 2.45) is 4.99 Å². The molecule has 1 aromatic carbocycles. The molecule has 7 heteroatoms. The molecule has 0 spiro atoms. The molecule has 0 atom stereocenters. The average Bonchev–Trinajstić information content (AvgIpc) is 3.12. The normalized spacial score (nSPS) is 10.9. The molecule has 0 amide bonds. The number of nitrogens with one attached hydrogen (secondary N) is 2.